The minimum Gasteiger partial charge on any atom is -0.354 e. The summed E-state index contributed by atoms with van der Waals surface area (Å²) in [5.74, 6) is 2.09. The third-order valence-electron chi connectivity index (χ3n) is 5.17. The van der Waals surface area contributed by atoms with E-state index >= 15 is 0 Å². The van der Waals surface area contributed by atoms with Crippen LogP contribution in [0.25, 0.3) is 0 Å². The number of aryl methyl sites for hydroxylation is 1. The summed E-state index contributed by atoms with van der Waals surface area (Å²) in [5.41, 5.74) is 3.45. The van der Waals surface area contributed by atoms with Crippen molar-refractivity contribution in [1.29, 1.82) is 0 Å². The van der Waals surface area contributed by atoms with Crippen molar-refractivity contribution in [3.05, 3.63) is 35.4 Å². The first-order valence-corrected chi connectivity index (χ1v) is 9.02. The molecule has 0 bridgehead atoms. The number of piperazine rings is 1. The second kappa shape index (κ2) is 6.92. The van der Waals surface area contributed by atoms with E-state index in [1.807, 2.05) is 13.0 Å². The Labute approximate surface area is 148 Å². The Kier molecular flexibility index (Phi) is 4.48. The molecular formula is C18H25N7. The van der Waals surface area contributed by atoms with Crippen molar-refractivity contribution in [1.82, 2.24) is 25.1 Å². The molecule has 0 saturated carbocycles. The van der Waals surface area contributed by atoms with Gasteiger partial charge in [-0.3, -0.25) is 0 Å². The van der Waals surface area contributed by atoms with Crippen LogP contribution in [0.5, 0.6) is 0 Å². The molecule has 2 aromatic rings. The lowest BCUT2D eigenvalue weighted by atomic mass is 10.1. The molecular weight excluding hydrogens is 314 g/mol. The van der Waals surface area contributed by atoms with Crippen LogP contribution in [-0.2, 0) is 12.8 Å². The third-order valence-corrected chi connectivity index (χ3v) is 5.17. The summed E-state index contributed by atoms with van der Waals surface area (Å²) in [4.78, 5) is 16.3. The van der Waals surface area contributed by atoms with Crippen molar-refractivity contribution in [3.8, 4) is 0 Å². The van der Waals surface area contributed by atoms with Crippen molar-refractivity contribution < 1.29 is 0 Å². The Balaban J connectivity index is 1.55. The zero-order chi connectivity index (χ0) is 17.2. The molecule has 1 fully saturated rings. The Morgan fingerprint density at radius 2 is 1.64 bits per heavy atom. The molecule has 0 spiro atoms. The van der Waals surface area contributed by atoms with E-state index in [2.05, 4.69) is 48.0 Å². The average molecular weight is 339 g/mol. The van der Waals surface area contributed by atoms with Crippen LogP contribution in [0.3, 0.4) is 0 Å². The first-order valence-electron chi connectivity index (χ1n) is 9.02. The standard InChI is InChI=1S/C18H25N7/c1-14-3-4-17(22-21-14)24-7-5-15-16(6-8-24)19-13-20-18(15)25-11-9-23(2)10-12-25/h3-4,13H,5-12H2,1-2H3. The van der Waals surface area contributed by atoms with E-state index in [9.17, 15) is 0 Å². The van der Waals surface area contributed by atoms with Crippen LogP contribution in [0.2, 0.25) is 0 Å². The Bertz CT molecular complexity index is 723. The van der Waals surface area contributed by atoms with Crippen LogP contribution in [0.4, 0.5) is 11.6 Å². The van der Waals surface area contributed by atoms with Crippen molar-refractivity contribution >= 4 is 11.6 Å². The fourth-order valence-corrected chi connectivity index (χ4v) is 3.59. The average Bonchev–Trinajstić information content (AvgIpc) is 2.86. The summed E-state index contributed by atoms with van der Waals surface area (Å²) in [6.45, 7) is 8.06. The van der Waals surface area contributed by atoms with Crippen LogP contribution < -0.4 is 9.80 Å². The van der Waals surface area contributed by atoms with Gasteiger partial charge in [0, 0.05) is 51.3 Å². The highest BCUT2D eigenvalue weighted by atomic mass is 15.3. The zero-order valence-electron chi connectivity index (χ0n) is 15.0. The zero-order valence-corrected chi connectivity index (χ0v) is 15.0. The molecule has 7 nitrogen and oxygen atoms in total. The first-order chi connectivity index (χ1) is 12.2. The second-order valence-corrected chi connectivity index (χ2v) is 6.93. The molecule has 0 radical (unpaired) electrons. The number of rotatable bonds is 2. The lowest BCUT2D eigenvalue weighted by Crippen LogP contribution is -2.45. The van der Waals surface area contributed by atoms with Gasteiger partial charge in [-0.15, -0.1) is 5.10 Å². The lowest BCUT2D eigenvalue weighted by Gasteiger charge is -2.34. The van der Waals surface area contributed by atoms with E-state index in [1.54, 1.807) is 6.33 Å². The van der Waals surface area contributed by atoms with Gasteiger partial charge in [-0.2, -0.15) is 5.10 Å². The Morgan fingerprint density at radius 1 is 0.840 bits per heavy atom. The smallest absolute Gasteiger partial charge is 0.151 e. The molecule has 0 aromatic carbocycles. The second-order valence-electron chi connectivity index (χ2n) is 6.93. The predicted molar refractivity (Wildman–Crippen MR) is 98.1 cm³/mol. The van der Waals surface area contributed by atoms with Crippen molar-refractivity contribution in [2.24, 2.45) is 0 Å². The summed E-state index contributed by atoms with van der Waals surface area (Å²) in [7, 11) is 2.18. The number of likely N-dealkylation sites (N-methyl/N-ethyl adjacent to an activating group) is 1. The molecule has 0 atom stereocenters. The molecule has 1 saturated heterocycles. The van der Waals surface area contributed by atoms with Crippen molar-refractivity contribution in [2.45, 2.75) is 19.8 Å². The molecule has 4 rings (SSSR count). The van der Waals surface area contributed by atoms with Gasteiger partial charge < -0.3 is 14.7 Å². The van der Waals surface area contributed by atoms with Gasteiger partial charge in [0.25, 0.3) is 0 Å². The maximum atomic E-state index is 4.64. The Hall–Kier alpha value is -2.28. The van der Waals surface area contributed by atoms with Crippen LogP contribution in [0.1, 0.15) is 17.0 Å². The minimum atomic E-state index is 0.921. The van der Waals surface area contributed by atoms with E-state index in [-0.39, 0.29) is 0 Å². The minimum absolute atomic E-state index is 0.921. The van der Waals surface area contributed by atoms with E-state index in [0.717, 1.165) is 69.4 Å². The lowest BCUT2D eigenvalue weighted by molar-refractivity contribution is 0.311. The fraction of sp³-hybridized carbons (Fsp3) is 0.556. The van der Waals surface area contributed by atoms with Gasteiger partial charge in [0.2, 0.25) is 0 Å². The van der Waals surface area contributed by atoms with E-state index in [0.29, 0.717) is 0 Å². The van der Waals surface area contributed by atoms with Gasteiger partial charge in [-0.1, -0.05) is 0 Å². The molecule has 25 heavy (non-hydrogen) atoms. The van der Waals surface area contributed by atoms with Gasteiger partial charge in [0.1, 0.15) is 12.1 Å². The molecule has 4 heterocycles. The first kappa shape index (κ1) is 16.2. The third kappa shape index (κ3) is 3.42. The number of anilines is 2. The Morgan fingerprint density at radius 3 is 2.40 bits per heavy atom. The maximum Gasteiger partial charge on any atom is 0.151 e. The normalized spacial score (nSPS) is 18.8. The summed E-state index contributed by atoms with van der Waals surface area (Å²) in [6.07, 6.45) is 3.61. The largest absolute Gasteiger partial charge is 0.354 e. The molecule has 2 aromatic heterocycles. The van der Waals surface area contributed by atoms with Crippen LogP contribution in [0.15, 0.2) is 18.5 Å². The van der Waals surface area contributed by atoms with E-state index in [1.165, 1.54) is 11.3 Å². The molecule has 0 amide bonds. The van der Waals surface area contributed by atoms with Gasteiger partial charge in [-0.05, 0) is 32.5 Å². The highest BCUT2D eigenvalue weighted by Crippen LogP contribution is 2.25. The number of hydrogen-bond acceptors (Lipinski definition) is 7. The number of fused-ring (bicyclic) bond motifs is 1. The predicted octanol–water partition coefficient (Wildman–Crippen LogP) is 0.932. The van der Waals surface area contributed by atoms with Gasteiger partial charge in [0.15, 0.2) is 5.82 Å². The van der Waals surface area contributed by atoms with Crippen LogP contribution in [-0.4, -0.2) is 71.4 Å². The molecule has 2 aliphatic rings. The van der Waals surface area contributed by atoms with Gasteiger partial charge in [-0.25, -0.2) is 9.97 Å². The number of nitrogens with zero attached hydrogens (tertiary/aromatic N) is 7. The summed E-state index contributed by atoms with van der Waals surface area (Å²) >= 11 is 0. The number of hydrogen-bond donors (Lipinski definition) is 0. The molecule has 0 N–H and O–H groups in total. The summed E-state index contributed by atoms with van der Waals surface area (Å²) in [6, 6.07) is 4.08. The van der Waals surface area contributed by atoms with E-state index in [4.69, 9.17) is 0 Å². The van der Waals surface area contributed by atoms with Crippen LogP contribution >= 0.6 is 0 Å². The summed E-state index contributed by atoms with van der Waals surface area (Å²) in [5, 5.41) is 8.55. The number of aromatic nitrogens is 4. The molecule has 0 aliphatic carbocycles. The van der Waals surface area contributed by atoms with Gasteiger partial charge >= 0.3 is 0 Å². The molecule has 2 aliphatic heterocycles. The highest BCUT2D eigenvalue weighted by Gasteiger charge is 2.24. The van der Waals surface area contributed by atoms with Crippen molar-refractivity contribution in [2.75, 3.05) is 56.1 Å². The molecule has 7 heteroatoms. The van der Waals surface area contributed by atoms with Crippen molar-refractivity contribution in [3.63, 3.8) is 0 Å². The molecule has 132 valence electrons. The maximum absolute atomic E-state index is 4.64. The topological polar surface area (TPSA) is 61.3 Å². The molecule has 0 unspecified atom stereocenters. The SMILES string of the molecule is Cc1ccc(N2CCc3ncnc(N4CCN(C)CC4)c3CC2)nn1. The van der Waals surface area contributed by atoms with E-state index < -0.39 is 0 Å². The quantitative estimate of drug-likeness (QED) is 0.807. The van der Waals surface area contributed by atoms with Gasteiger partial charge in [0.05, 0.1) is 11.4 Å². The monoisotopic (exact) mass is 339 g/mol. The fourth-order valence-electron chi connectivity index (χ4n) is 3.59. The van der Waals surface area contributed by atoms with Crippen LogP contribution in [0, 0.1) is 6.92 Å². The highest BCUT2D eigenvalue weighted by molar-refractivity contribution is 5.51. The summed E-state index contributed by atoms with van der Waals surface area (Å²) < 4.78 is 0.